The molecule has 1 aliphatic carbocycles. The fraction of sp³-hybridized carbons (Fsp3) is 0.667. The fourth-order valence-corrected chi connectivity index (χ4v) is 3.81. The van der Waals surface area contributed by atoms with Crippen molar-refractivity contribution < 1.29 is 13.2 Å². The van der Waals surface area contributed by atoms with Crippen molar-refractivity contribution in [3.63, 3.8) is 0 Å². The average molecular weight is 285 g/mol. The van der Waals surface area contributed by atoms with Crippen LogP contribution in [0.15, 0.2) is 6.20 Å². The summed E-state index contributed by atoms with van der Waals surface area (Å²) >= 11 is 0. The first-order chi connectivity index (χ1) is 8.80. The van der Waals surface area contributed by atoms with Crippen LogP contribution in [0.4, 0.5) is 5.82 Å². The van der Waals surface area contributed by atoms with Crippen LogP contribution in [0, 0.1) is 5.92 Å². The van der Waals surface area contributed by atoms with Gasteiger partial charge in [-0.15, -0.1) is 0 Å². The molecule has 2 atom stereocenters. The SMILES string of the molecule is Cn1ncc(C(=O)C2CCCC(S(C)(=O)=O)C2)c1N. The van der Waals surface area contributed by atoms with Gasteiger partial charge in [0.25, 0.3) is 0 Å². The molecule has 1 aliphatic rings. The second kappa shape index (κ2) is 4.96. The van der Waals surface area contributed by atoms with Gasteiger partial charge in [-0.3, -0.25) is 9.48 Å². The molecule has 0 amide bonds. The van der Waals surface area contributed by atoms with Crippen LogP contribution >= 0.6 is 0 Å². The highest BCUT2D eigenvalue weighted by Gasteiger charge is 2.33. The Balaban J connectivity index is 2.18. The third-order valence-electron chi connectivity index (χ3n) is 3.85. The molecule has 0 spiro atoms. The van der Waals surface area contributed by atoms with Gasteiger partial charge in [-0.05, 0) is 19.3 Å². The van der Waals surface area contributed by atoms with E-state index in [1.807, 2.05) is 0 Å². The molecule has 0 bridgehead atoms. The minimum Gasteiger partial charge on any atom is -0.383 e. The Labute approximate surface area is 112 Å². The van der Waals surface area contributed by atoms with E-state index in [-0.39, 0.29) is 11.7 Å². The van der Waals surface area contributed by atoms with E-state index in [9.17, 15) is 13.2 Å². The molecule has 1 aromatic rings. The minimum atomic E-state index is -3.08. The highest BCUT2D eigenvalue weighted by Crippen LogP contribution is 2.31. The Morgan fingerprint density at radius 3 is 2.68 bits per heavy atom. The molecule has 0 radical (unpaired) electrons. The summed E-state index contributed by atoms with van der Waals surface area (Å²) in [5, 5.41) is 3.54. The Morgan fingerprint density at radius 1 is 1.47 bits per heavy atom. The standard InChI is InChI=1S/C12H19N3O3S/c1-15-12(13)10(7-14-15)11(16)8-4-3-5-9(6-8)19(2,17)18/h7-9H,3-6,13H2,1-2H3. The number of aryl methyl sites for hydroxylation is 1. The summed E-state index contributed by atoms with van der Waals surface area (Å²) < 4.78 is 24.7. The zero-order chi connectivity index (χ0) is 14.2. The largest absolute Gasteiger partial charge is 0.383 e. The Kier molecular flexibility index (Phi) is 3.66. The topological polar surface area (TPSA) is 95.0 Å². The number of aromatic nitrogens is 2. The molecule has 2 rings (SSSR count). The van der Waals surface area contributed by atoms with Crippen molar-refractivity contribution >= 4 is 21.4 Å². The maximum absolute atomic E-state index is 12.4. The molecule has 0 aliphatic heterocycles. The van der Waals surface area contributed by atoms with Crippen LogP contribution in [-0.2, 0) is 16.9 Å². The first-order valence-corrected chi connectivity index (χ1v) is 8.26. The van der Waals surface area contributed by atoms with Gasteiger partial charge in [0, 0.05) is 19.2 Å². The van der Waals surface area contributed by atoms with Gasteiger partial charge in [-0.1, -0.05) is 6.42 Å². The monoisotopic (exact) mass is 285 g/mol. The number of nitrogens with zero attached hydrogens (tertiary/aromatic N) is 2. The summed E-state index contributed by atoms with van der Waals surface area (Å²) in [4.78, 5) is 12.4. The third kappa shape index (κ3) is 2.80. The first-order valence-electron chi connectivity index (χ1n) is 6.31. The second-order valence-corrected chi connectivity index (χ2v) is 7.57. The summed E-state index contributed by atoms with van der Waals surface area (Å²) in [7, 11) is -1.41. The van der Waals surface area contributed by atoms with Crippen molar-refractivity contribution in [3.8, 4) is 0 Å². The number of hydrogen-bond acceptors (Lipinski definition) is 5. The molecule has 19 heavy (non-hydrogen) atoms. The van der Waals surface area contributed by atoms with Crippen molar-refractivity contribution in [3.05, 3.63) is 11.8 Å². The van der Waals surface area contributed by atoms with E-state index >= 15 is 0 Å². The highest BCUT2D eigenvalue weighted by atomic mass is 32.2. The van der Waals surface area contributed by atoms with E-state index in [0.29, 0.717) is 24.2 Å². The maximum Gasteiger partial charge on any atom is 0.171 e. The number of carbonyl (C=O) groups is 1. The van der Waals surface area contributed by atoms with E-state index in [1.165, 1.54) is 17.1 Å². The van der Waals surface area contributed by atoms with Crippen LogP contribution in [0.3, 0.4) is 0 Å². The molecule has 1 heterocycles. The third-order valence-corrected chi connectivity index (χ3v) is 5.49. The number of carbonyl (C=O) groups excluding carboxylic acids is 1. The number of sulfone groups is 1. The summed E-state index contributed by atoms with van der Waals surface area (Å²) in [5.41, 5.74) is 6.20. The van der Waals surface area contributed by atoms with E-state index < -0.39 is 15.1 Å². The van der Waals surface area contributed by atoms with E-state index in [4.69, 9.17) is 5.73 Å². The van der Waals surface area contributed by atoms with Crippen LogP contribution < -0.4 is 5.73 Å². The summed E-state index contributed by atoms with van der Waals surface area (Å²) in [6, 6.07) is 0. The summed E-state index contributed by atoms with van der Waals surface area (Å²) in [5.74, 6) is -0.00889. The lowest BCUT2D eigenvalue weighted by Crippen LogP contribution is -2.31. The molecule has 2 N–H and O–H groups in total. The Morgan fingerprint density at radius 2 is 2.16 bits per heavy atom. The molecule has 1 saturated carbocycles. The molecular weight excluding hydrogens is 266 g/mol. The van der Waals surface area contributed by atoms with Gasteiger partial charge in [-0.2, -0.15) is 5.10 Å². The summed E-state index contributed by atoms with van der Waals surface area (Å²) in [6.07, 6.45) is 5.22. The second-order valence-electron chi connectivity index (χ2n) is 5.25. The van der Waals surface area contributed by atoms with Gasteiger partial charge in [0.1, 0.15) is 15.7 Å². The number of anilines is 1. The minimum absolute atomic E-state index is 0.0843. The Bertz CT molecular complexity index is 591. The molecule has 1 fully saturated rings. The van der Waals surface area contributed by atoms with Crippen LogP contribution in [0.2, 0.25) is 0 Å². The van der Waals surface area contributed by atoms with Crippen molar-refractivity contribution in [2.24, 2.45) is 13.0 Å². The van der Waals surface area contributed by atoms with Gasteiger partial charge in [0.2, 0.25) is 0 Å². The lowest BCUT2D eigenvalue weighted by Gasteiger charge is -2.26. The van der Waals surface area contributed by atoms with Gasteiger partial charge in [-0.25, -0.2) is 8.42 Å². The first kappa shape index (κ1) is 14.0. The normalized spacial score (nSPS) is 24.3. The molecule has 1 aromatic heterocycles. The molecule has 106 valence electrons. The average Bonchev–Trinajstić information content (AvgIpc) is 2.68. The molecule has 2 unspecified atom stereocenters. The quantitative estimate of drug-likeness (QED) is 0.828. The van der Waals surface area contributed by atoms with E-state index in [2.05, 4.69) is 5.10 Å². The predicted octanol–water partition coefficient (Wildman–Crippen LogP) is 0.788. The lowest BCUT2D eigenvalue weighted by molar-refractivity contribution is 0.0892. The van der Waals surface area contributed by atoms with E-state index in [0.717, 1.165) is 12.8 Å². The molecule has 6 nitrogen and oxygen atoms in total. The number of rotatable bonds is 3. The van der Waals surface area contributed by atoms with Gasteiger partial charge in [0.05, 0.1) is 17.0 Å². The Hall–Kier alpha value is -1.37. The highest BCUT2D eigenvalue weighted by molar-refractivity contribution is 7.91. The van der Waals surface area contributed by atoms with Crippen LogP contribution in [-0.4, -0.2) is 35.5 Å². The molecule has 0 aromatic carbocycles. The molecule has 7 heteroatoms. The van der Waals surface area contributed by atoms with Gasteiger partial charge >= 0.3 is 0 Å². The lowest BCUT2D eigenvalue weighted by atomic mass is 9.84. The van der Waals surface area contributed by atoms with Gasteiger partial charge < -0.3 is 5.73 Å². The number of nitrogens with two attached hydrogens (primary N) is 1. The van der Waals surface area contributed by atoms with Crippen molar-refractivity contribution in [2.75, 3.05) is 12.0 Å². The zero-order valence-electron chi connectivity index (χ0n) is 11.2. The number of Topliss-reactive ketones (excluding diaryl/α,β-unsaturated/α-hetero) is 1. The van der Waals surface area contributed by atoms with Crippen LogP contribution in [0.1, 0.15) is 36.0 Å². The zero-order valence-corrected chi connectivity index (χ0v) is 12.0. The fourth-order valence-electron chi connectivity index (χ4n) is 2.63. The smallest absolute Gasteiger partial charge is 0.171 e. The number of nitrogen functional groups attached to an aromatic ring is 1. The maximum atomic E-state index is 12.4. The van der Waals surface area contributed by atoms with Gasteiger partial charge in [0.15, 0.2) is 5.78 Å². The molecular formula is C12H19N3O3S. The van der Waals surface area contributed by atoms with Crippen molar-refractivity contribution in [1.29, 1.82) is 0 Å². The van der Waals surface area contributed by atoms with Crippen LogP contribution in [0.25, 0.3) is 0 Å². The van der Waals surface area contributed by atoms with Crippen LogP contribution in [0.5, 0.6) is 0 Å². The molecule has 0 saturated heterocycles. The number of hydrogen-bond donors (Lipinski definition) is 1. The van der Waals surface area contributed by atoms with E-state index in [1.54, 1.807) is 7.05 Å². The number of ketones is 1. The predicted molar refractivity (Wildman–Crippen MR) is 72.5 cm³/mol. The van der Waals surface area contributed by atoms with Crippen molar-refractivity contribution in [1.82, 2.24) is 9.78 Å². The van der Waals surface area contributed by atoms with Crippen molar-refractivity contribution in [2.45, 2.75) is 30.9 Å². The summed E-state index contributed by atoms with van der Waals surface area (Å²) in [6.45, 7) is 0.